The summed E-state index contributed by atoms with van der Waals surface area (Å²) in [6.07, 6.45) is 15.5. The van der Waals surface area contributed by atoms with Gasteiger partial charge in [0, 0.05) is 18.1 Å². The minimum atomic E-state index is -0.419. The molecule has 2 unspecified atom stereocenters. The van der Waals surface area contributed by atoms with Gasteiger partial charge in [-0.05, 0) is 79.4 Å². The summed E-state index contributed by atoms with van der Waals surface area (Å²) in [7, 11) is 0. The van der Waals surface area contributed by atoms with Crippen LogP contribution in [0.15, 0.2) is 71.9 Å². The van der Waals surface area contributed by atoms with E-state index in [0.29, 0.717) is 29.6 Å². The summed E-state index contributed by atoms with van der Waals surface area (Å²) in [4.78, 5) is 11.6. The summed E-state index contributed by atoms with van der Waals surface area (Å²) in [5.74, 6) is 1.46. The summed E-state index contributed by atoms with van der Waals surface area (Å²) < 4.78 is 11.1. The highest BCUT2D eigenvalue weighted by Crippen LogP contribution is 2.35. The third-order valence-corrected chi connectivity index (χ3v) is 6.20. The molecule has 0 bridgehead atoms. The maximum Gasteiger partial charge on any atom is 0.333 e. The fourth-order valence-electron chi connectivity index (χ4n) is 4.29. The van der Waals surface area contributed by atoms with Gasteiger partial charge in [0.05, 0.1) is 0 Å². The largest absolute Gasteiger partial charge is 0.490 e. The van der Waals surface area contributed by atoms with E-state index in [1.807, 2.05) is 12.1 Å². The van der Waals surface area contributed by atoms with Crippen molar-refractivity contribution < 1.29 is 19.4 Å². The Labute approximate surface area is 198 Å². The van der Waals surface area contributed by atoms with Crippen molar-refractivity contribution in [2.45, 2.75) is 46.5 Å². The molecule has 2 aliphatic rings. The number of hydrogen-bond donors (Lipinski definition) is 1. The van der Waals surface area contributed by atoms with Crippen LogP contribution in [0.1, 0.15) is 51.2 Å². The number of rotatable bonds is 9. The van der Waals surface area contributed by atoms with E-state index in [0.717, 1.165) is 17.5 Å². The first kappa shape index (κ1) is 24.8. The molecule has 0 aliphatic heterocycles. The molecule has 4 nitrogen and oxygen atoms in total. The zero-order chi connectivity index (χ0) is 23.8. The molecule has 0 heterocycles. The Morgan fingerprint density at radius 2 is 2.00 bits per heavy atom. The van der Waals surface area contributed by atoms with E-state index in [4.69, 9.17) is 9.47 Å². The number of aliphatic hydroxyl groups excluding tert-OH is 1. The fraction of sp³-hybridized carbons (Fsp3) is 0.414. The molecule has 1 aromatic rings. The summed E-state index contributed by atoms with van der Waals surface area (Å²) >= 11 is 0. The van der Waals surface area contributed by atoms with Gasteiger partial charge in [-0.2, -0.15) is 0 Å². The number of benzene rings is 1. The van der Waals surface area contributed by atoms with Crippen LogP contribution in [0, 0.1) is 11.8 Å². The number of ether oxygens (including phenoxy) is 2. The highest BCUT2D eigenvalue weighted by molar-refractivity contribution is 5.86. The van der Waals surface area contributed by atoms with Crippen LogP contribution in [0.3, 0.4) is 0 Å². The minimum Gasteiger partial charge on any atom is -0.490 e. The van der Waals surface area contributed by atoms with Gasteiger partial charge in [-0.25, -0.2) is 4.79 Å². The number of allylic oxidation sites excluding steroid dienone is 8. The zero-order valence-corrected chi connectivity index (χ0v) is 20.1. The number of carbonyl (C=O) groups excluding carboxylic acids is 1. The molecule has 0 saturated heterocycles. The average Bonchev–Trinajstić information content (AvgIpc) is 2.99. The average molecular weight is 449 g/mol. The van der Waals surface area contributed by atoms with E-state index in [-0.39, 0.29) is 19.8 Å². The molecule has 0 aromatic heterocycles. The molecular formula is C29H36O4. The standard InChI is InChI=1S/C29H36O4/c1-20(2)29(31)33-17-16-32-28-19-26(13-12-24(28)14-15-30)27-7-5-6-25(18-22(27)4)23-10-8-21(3)9-11-23/h6-8,10,12-13,18-19,21,23,30H,1,5,9,11,14-17H2,2-4H3. The van der Waals surface area contributed by atoms with Crippen molar-refractivity contribution in [3.63, 3.8) is 0 Å². The minimum absolute atomic E-state index is 0.0444. The van der Waals surface area contributed by atoms with Crippen LogP contribution >= 0.6 is 0 Å². The number of carbonyl (C=O) groups is 1. The molecule has 176 valence electrons. The van der Waals surface area contributed by atoms with Crippen molar-refractivity contribution in [2.24, 2.45) is 11.8 Å². The van der Waals surface area contributed by atoms with E-state index in [1.54, 1.807) is 6.92 Å². The Bertz CT molecular complexity index is 993. The Morgan fingerprint density at radius 3 is 2.70 bits per heavy atom. The summed E-state index contributed by atoms with van der Waals surface area (Å²) in [6.45, 7) is 10.1. The Balaban J connectivity index is 1.75. The lowest BCUT2D eigenvalue weighted by Gasteiger charge is -2.21. The van der Waals surface area contributed by atoms with Gasteiger partial charge in [0.1, 0.15) is 19.0 Å². The van der Waals surface area contributed by atoms with Crippen molar-refractivity contribution >= 4 is 11.5 Å². The van der Waals surface area contributed by atoms with Gasteiger partial charge in [0.15, 0.2) is 0 Å². The first-order valence-electron chi connectivity index (χ1n) is 11.9. The molecule has 2 atom stereocenters. The lowest BCUT2D eigenvalue weighted by molar-refractivity contribution is -0.139. The van der Waals surface area contributed by atoms with Crippen LogP contribution < -0.4 is 4.74 Å². The van der Waals surface area contributed by atoms with Crippen molar-refractivity contribution in [3.05, 3.63) is 83.0 Å². The molecule has 0 spiro atoms. The van der Waals surface area contributed by atoms with Crippen LogP contribution in [0.2, 0.25) is 0 Å². The topological polar surface area (TPSA) is 55.8 Å². The second-order valence-corrected chi connectivity index (χ2v) is 8.99. The predicted octanol–water partition coefficient (Wildman–Crippen LogP) is 5.98. The highest BCUT2D eigenvalue weighted by Gasteiger charge is 2.18. The van der Waals surface area contributed by atoms with Crippen molar-refractivity contribution in [3.8, 4) is 5.75 Å². The molecule has 4 heteroatoms. The second kappa shape index (κ2) is 11.9. The quantitative estimate of drug-likeness (QED) is 0.218. The van der Waals surface area contributed by atoms with Gasteiger partial charge in [-0.3, -0.25) is 0 Å². The molecule has 33 heavy (non-hydrogen) atoms. The maximum atomic E-state index is 11.6. The van der Waals surface area contributed by atoms with Crippen LogP contribution in [-0.2, 0) is 16.0 Å². The monoisotopic (exact) mass is 448 g/mol. The van der Waals surface area contributed by atoms with Crippen molar-refractivity contribution in [2.75, 3.05) is 19.8 Å². The smallest absolute Gasteiger partial charge is 0.333 e. The summed E-state index contributed by atoms with van der Waals surface area (Å²) in [6, 6.07) is 6.14. The SMILES string of the molecule is C=C(C)C(=O)OCCOc1cc(C2=CCC=C(C3C=CC(C)CC3)C=C2C)ccc1CCO. The van der Waals surface area contributed by atoms with E-state index < -0.39 is 5.97 Å². The lowest BCUT2D eigenvalue weighted by atomic mass is 9.84. The van der Waals surface area contributed by atoms with Gasteiger partial charge < -0.3 is 14.6 Å². The van der Waals surface area contributed by atoms with Gasteiger partial charge >= 0.3 is 5.97 Å². The number of hydrogen-bond acceptors (Lipinski definition) is 4. The normalized spacial score (nSPS) is 20.3. The van der Waals surface area contributed by atoms with E-state index in [1.165, 1.54) is 29.6 Å². The van der Waals surface area contributed by atoms with Gasteiger partial charge in [-0.15, -0.1) is 0 Å². The zero-order valence-electron chi connectivity index (χ0n) is 20.1. The first-order valence-corrected chi connectivity index (χ1v) is 11.9. The maximum absolute atomic E-state index is 11.6. The van der Waals surface area contributed by atoms with Crippen LogP contribution in [0.25, 0.3) is 5.57 Å². The summed E-state index contributed by atoms with van der Waals surface area (Å²) in [5, 5.41) is 9.45. The van der Waals surface area contributed by atoms with Crippen molar-refractivity contribution in [1.82, 2.24) is 0 Å². The third kappa shape index (κ3) is 6.82. The van der Waals surface area contributed by atoms with E-state index >= 15 is 0 Å². The Kier molecular flexibility index (Phi) is 8.90. The molecule has 0 saturated carbocycles. The van der Waals surface area contributed by atoms with Crippen LogP contribution in [0.5, 0.6) is 5.75 Å². The van der Waals surface area contributed by atoms with Gasteiger partial charge in [-0.1, -0.05) is 56.0 Å². The Hall–Kier alpha value is -2.85. The Morgan fingerprint density at radius 1 is 1.18 bits per heavy atom. The molecule has 0 amide bonds. The molecule has 3 rings (SSSR count). The number of esters is 1. The highest BCUT2D eigenvalue weighted by atomic mass is 16.6. The van der Waals surface area contributed by atoms with Crippen molar-refractivity contribution in [1.29, 1.82) is 0 Å². The van der Waals surface area contributed by atoms with E-state index in [9.17, 15) is 9.90 Å². The fourth-order valence-corrected chi connectivity index (χ4v) is 4.29. The van der Waals surface area contributed by atoms with Crippen LogP contribution in [0.4, 0.5) is 0 Å². The molecular weight excluding hydrogens is 412 g/mol. The first-order chi connectivity index (χ1) is 15.9. The molecule has 1 N–H and O–H groups in total. The lowest BCUT2D eigenvalue weighted by Crippen LogP contribution is -2.13. The predicted molar refractivity (Wildman–Crippen MR) is 134 cm³/mol. The van der Waals surface area contributed by atoms with Gasteiger partial charge in [0.25, 0.3) is 0 Å². The third-order valence-electron chi connectivity index (χ3n) is 6.20. The van der Waals surface area contributed by atoms with E-state index in [2.05, 4.69) is 56.9 Å². The molecule has 1 aromatic carbocycles. The second-order valence-electron chi connectivity index (χ2n) is 8.99. The van der Waals surface area contributed by atoms with Gasteiger partial charge in [0.2, 0.25) is 0 Å². The molecule has 0 fully saturated rings. The summed E-state index contributed by atoms with van der Waals surface area (Å²) in [5.41, 5.74) is 6.22. The molecule has 2 aliphatic carbocycles. The molecule has 0 radical (unpaired) electrons. The number of aliphatic hydroxyl groups is 1. The van der Waals surface area contributed by atoms with Crippen LogP contribution in [-0.4, -0.2) is 30.9 Å².